The summed E-state index contributed by atoms with van der Waals surface area (Å²) in [5.41, 5.74) is 0.322. The number of alkyl carbamates (subject to hydrolysis) is 1. The first kappa shape index (κ1) is 20.4. The van der Waals surface area contributed by atoms with Crippen molar-refractivity contribution in [1.29, 1.82) is 0 Å². The Morgan fingerprint density at radius 2 is 1.72 bits per heavy atom. The van der Waals surface area contributed by atoms with Crippen LogP contribution >= 0.6 is 0 Å². The summed E-state index contributed by atoms with van der Waals surface area (Å²) in [6, 6.07) is -0.275. The lowest BCUT2D eigenvalue weighted by Crippen LogP contribution is -2.69. The van der Waals surface area contributed by atoms with Gasteiger partial charge in [0.2, 0.25) is 8.32 Å². The minimum atomic E-state index is -2.24. The molecule has 0 aromatic rings. The van der Waals surface area contributed by atoms with Crippen molar-refractivity contribution in [2.45, 2.75) is 95.5 Å². The molecule has 3 rings (SSSR count). The monoisotopic (exact) mass is 369 g/mol. The second kappa shape index (κ2) is 7.39. The first-order valence-electron chi connectivity index (χ1n) is 9.68. The zero-order valence-corrected chi connectivity index (χ0v) is 17.8. The van der Waals surface area contributed by atoms with Gasteiger partial charge in [0.05, 0.1) is 13.2 Å². The number of ether oxygens (including phenoxy) is 1. The minimum absolute atomic E-state index is 0.176. The van der Waals surface area contributed by atoms with Crippen LogP contribution in [0, 0.1) is 5.92 Å². The lowest BCUT2D eigenvalue weighted by atomic mass is 9.64. The number of carbonyl (C=O) groups is 2. The molecular weight excluding hydrogens is 334 g/mol. The van der Waals surface area contributed by atoms with Crippen molar-refractivity contribution in [3.8, 4) is 0 Å². The van der Waals surface area contributed by atoms with E-state index >= 15 is 0 Å². The van der Waals surface area contributed by atoms with Crippen LogP contribution in [0.2, 0.25) is 16.6 Å². The maximum absolute atomic E-state index is 13.1. The molecule has 3 aliphatic carbocycles. The Morgan fingerprint density at radius 3 is 2.16 bits per heavy atom. The summed E-state index contributed by atoms with van der Waals surface area (Å²) in [5.74, 6) is 0.531. The molecule has 0 radical (unpaired) electrons. The number of ketones is 1. The van der Waals surface area contributed by atoms with Gasteiger partial charge in [-0.05, 0) is 41.8 Å². The van der Waals surface area contributed by atoms with Crippen LogP contribution in [-0.2, 0) is 14.0 Å². The van der Waals surface area contributed by atoms with Crippen molar-refractivity contribution in [2.24, 2.45) is 5.92 Å². The van der Waals surface area contributed by atoms with E-state index in [-0.39, 0.29) is 11.8 Å². The topological polar surface area (TPSA) is 64.6 Å². The van der Waals surface area contributed by atoms with Gasteiger partial charge in [0.25, 0.3) is 0 Å². The predicted octanol–water partition coefficient (Wildman–Crippen LogP) is 4.41. The first-order valence-corrected chi connectivity index (χ1v) is 11.8. The third-order valence-electron chi connectivity index (χ3n) is 6.55. The SMILES string of the molecule is COC(=O)N[C@@H]1C[C@H]2CC[C@]1(O[Si](C(C)C)(C(C)C)C(C)C)C(=O)C2. The number of methoxy groups -OCH3 is 1. The molecule has 1 amide bonds. The number of amides is 1. The lowest BCUT2D eigenvalue weighted by molar-refractivity contribution is -0.152. The third kappa shape index (κ3) is 3.39. The van der Waals surface area contributed by atoms with Gasteiger partial charge in [-0.25, -0.2) is 4.79 Å². The predicted molar refractivity (Wildman–Crippen MR) is 101 cm³/mol. The number of hydrogen-bond acceptors (Lipinski definition) is 4. The fraction of sp³-hybridized carbons (Fsp3) is 0.895. The number of hydrogen-bond donors (Lipinski definition) is 1. The molecule has 0 spiro atoms. The summed E-state index contributed by atoms with van der Waals surface area (Å²) in [5, 5.41) is 2.93. The second-order valence-corrected chi connectivity index (χ2v) is 14.1. The molecule has 0 heterocycles. The molecular formula is C19H35NO4Si. The molecule has 3 fully saturated rings. The molecule has 0 aromatic heterocycles. The zero-order valence-electron chi connectivity index (χ0n) is 16.8. The van der Waals surface area contributed by atoms with Gasteiger partial charge in [0, 0.05) is 6.42 Å². The fourth-order valence-electron chi connectivity index (χ4n) is 5.41. The zero-order chi connectivity index (χ0) is 19.0. The van der Waals surface area contributed by atoms with Gasteiger partial charge in [-0.2, -0.15) is 0 Å². The van der Waals surface area contributed by atoms with Gasteiger partial charge in [-0.3, -0.25) is 4.79 Å². The van der Waals surface area contributed by atoms with Crippen molar-refractivity contribution in [1.82, 2.24) is 5.32 Å². The Bertz CT molecular complexity index is 498. The quantitative estimate of drug-likeness (QED) is 0.704. The number of carbonyl (C=O) groups excluding carboxylic acids is 2. The van der Waals surface area contributed by atoms with E-state index in [0.29, 0.717) is 35.4 Å². The smallest absolute Gasteiger partial charge is 0.407 e. The number of rotatable bonds is 6. The highest BCUT2D eigenvalue weighted by Gasteiger charge is 2.60. The van der Waals surface area contributed by atoms with E-state index in [2.05, 4.69) is 46.9 Å². The Balaban J connectivity index is 2.45. The third-order valence-corrected chi connectivity index (χ3v) is 12.7. The highest BCUT2D eigenvalue weighted by molar-refractivity contribution is 6.77. The average Bonchev–Trinajstić information content (AvgIpc) is 2.52. The molecule has 0 aromatic carbocycles. The number of Topliss-reactive ketones (excluding diaryl/α,β-unsaturated/α-hetero) is 1. The molecule has 0 aliphatic heterocycles. The van der Waals surface area contributed by atoms with Crippen LogP contribution in [0.4, 0.5) is 4.79 Å². The molecule has 0 unspecified atom stereocenters. The van der Waals surface area contributed by atoms with Crippen LogP contribution in [0.5, 0.6) is 0 Å². The van der Waals surface area contributed by atoms with Gasteiger partial charge in [-0.1, -0.05) is 41.5 Å². The molecule has 5 nitrogen and oxygen atoms in total. The summed E-state index contributed by atoms with van der Waals surface area (Å²) in [6.45, 7) is 13.4. The van der Waals surface area contributed by atoms with Crippen molar-refractivity contribution >= 4 is 20.2 Å². The molecule has 3 saturated carbocycles. The van der Waals surface area contributed by atoms with E-state index in [1.165, 1.54) is 7.11 Å². The van der Waals surface area contributed by atoms with Crippen LogP contribution in [0.1, 0.15) is 67.2 Å². The Kier molecular flexibility index (Phi) is 6.04. The Hall–Kier alpha value is -0.883. The van der Waals surface area contributed by atoms with Gasteiger partial charge < -0.3 is 14.5 Å². The molecule has 2 bridgehead atoms. The van der Waals surface area contributed by atoms with E-state index in [9.17, 15) is 9.59 Å². The van der Waals surface area contributed by atoms with Crippen molar-refractivity contribution in [3.63, 3.8) is 0 Å². The second-order valence-electron chi connectivity index (χ2n) is 8.77. The highest BCUT2D eigenvalue weighted by atomic mass is 28.4. The van der Waals surface area contributed by atoms with E-state index in [4.69, 9.17) is 9.16 Å². The van der Waals surface area contributed by atoms with Gasteiger partial charge in [-0.15, -0.1) is 0 Å². The largest absolute Gasteiger partial charge is 0.453 e. The van der Waals surface area contributed by atoms with Crippen LogP contribution in [-0.4, -0.2) is 38.9 Å². The van der Waals surface area contributed by atoms with Crippen LogP contribution < -0.4 is 5.32 Å². The first-order chi connectivity index (χ1) is 11.6. The van der Waals surface area contributed by atoms with Crippen LogP contribution in [0.25, 0.3) is 0 Å². The van der Waals surface area contributed by atoms with E-state index in [1.807, 2.05) is 0 Å². The average molecular weight is 370 g/mol. The maximum Gasteiger partial charge on any atom is 0.407 e. The van der Waals surface area contributed by atoms with E-state index < -0.39 is 20.0 Å². The maximum atomic E-state index is 13.1. The summed E-state index contributed by atoms with van der Waals surface area (Å²) >= 11 is 0. The molecule has 1 N–H and O–H groups in total. The molecule has 0 saturated heterocycles. The van der Waals surface area contributed by atoms with Crippen molar-refractivity contribution in [3.05, 3.63) is 0 Å². The molecule has 25 heavy (non-hydrogen) atoms. The van der Waals surface area contributed by atoms with E-state index in [1.54, 1.807) is 0 Å². The van der Waals surface area contributed by atoms with E-state index in [0.717, 1.165) is 12.8 Å². The minimum Gasteiger partial charge on any atom is -0.453 e. The molecule has 6 heteroatoms. The Labute approximate surface area is 153 Å². The van der Waals surface area contributed by atoms with Gasteiger partial charge >= 0.3 is 6.09 Å². The summed E-state index contributed by atoms with van der Waals surface area (Å²) in [4.78, 5) is 25.0. The van der Waals surface area contributed by atoms with Crippen LogP contribution in [0.3, 0.4) is 0 Å². The van der Waals surface area contributed by atoms with Crippen molar-refractivity contribution < 1.29 is 18.8 Å². The summed E-state index contributed by atoms with van der Waals surface area (Å²) in [6.07, 6.45) is 2.63. The lowest BCUT2D eigenvalue weighted by Gasteiger charge is -2.56. The Morgan fingerprint density at radius 1 is 1.16 bits per heavy atom. The van der Waals surface area contributed by atoms with Crippen LogP contribution in [0.15, 0.2) is 0 Å². The normalized spacial score (nSPS) is 29.6. The van der Waals surface area contributed by atoms with Gasteiger partial charge in [0.1, 0.15) is 5.60 Å². The summed E-state index contributed by atoms with van der Waals surface area (Å²) in [7, 11) is -0.879. The molecule has 144 valence electrons. The fourth-order valence-corrected chi connectivity index (χ4v) is 11.1. The standard InChI is InChI=1S/C19H35NO4Si/c1-12(2)25(13(3)4,14(5)6)24-19-9-8-15(11-17(19)21)10-16(19)20-18(22)23-7/h12-16H,8-11H2,1-7H3,(H,20,22)/t15-,16-,19-/m1/s1. The van der Waals surface area contributed by atoms with Gasteiger partial charge in [0.15, 0.2) is 5.78 Å². The number of fused-ring (bicyclic) bond motifs is 3. The molecule has 3 atom stereocenters. The molecule has 3 aliphatic rings. The van der Waals surface area contributed by atoms with Crippen molar-refractivity contribution in [2.75, 3.05) is 7.11 Å². The summed E-state index contributed by atoms with van der Waals surface area (Å²) < 4.78 is 11.8. The number of nitrogens with one attached hydrogen (secondary N) is 1. The highest BCUT2D eigenvalue weighted by Crippen LogP contribution is 2.51.